The first-order valence-corrected chi connectivity index (χ1v) is 9.48. The number of hydrogen-bond acceptors (Lipinski definition) is 2. The van der Waals surface area contributed by atoms with E-state index in [1.165, 1.54) is 18.6 Å². The van der Waals surface area contributed by atoms with E-state index in [0.717, 1.165) is 44.1 Å². The number of nitrogens with one attached hydrogen (secondary N) is 1. The molecule has 1 unspecified atom stereocenters. The number of rotatable bonds is 5. The summed E-state index contributed by atoms with van der Waals surface area (Å²) in [7, 11) is 1.86. The van der Waals surface area contributed by atoms with Gasteiger partial charge < -0.3 is 15.3 Å². The van der Waals surface area contributed by atoms with E-state index in [2.05, 4.69) is 5.32 Å². The van der Waals surface area contributed by atoms with E-state index in [1.807, 2.05) is 11.9 Å². The molecule has 4 nitrogen and oxygen atoms in total. The van der Waals surface area contributed by atoms with Crippen molar-refractivity contribution in [2.45, 2.75) is 57.0 Å². The Morgan fingerprint density at radius 3 is 2.36 bits per heavy atom. The van der Waals surface area contributed by atoms with E-state index in [1.54, 1.807) is 12.1 Å². The molecular formula is C20H29FN2O2. The summed E-state index contributed by atoms with van der Waals surface area (Å²) < 4.78 is 13.2. The lowest BCUT2D eigenvalue weighted by Crippen LogP contribution is -2.48. The SMILES string of the molecule is CN(C(=O)NC(c1ccc(F)cc1)C1CCC1)C1CCC(CO)CC1. The van der Waals surface area contributed by atoms with Crippen molar-refractivity contribution >= 4 is 6.03 Å². The van der Waals surface area contributed by atoms with Crippen LogP contribution in [0.25, 0.3) is 0 Å². The van der Waals surface area contributed by atoms with Gasteiger partial charge in [-0.25, -0.2) is 9.18 Å². The van der Waals surface area contributed by atoms with Gasteiger partial charge in [-0.1, -0.05) is 18.6 Å². The third kappa shape index (κ3) is 4.32. The van der Waals surface area contributed by atoms with Crippen LogP contribution >= 0.6 is 0 Å². The summed E-state index contributed by atoms with van der Waals surface area (Å²) in [6, 6.07) is 6.64. The molecule has 3 rings (SSSR count). The number of hydrogen-bond donors (Lipinski definition) is 2. The van der Waals surface area contributed by atoms with Gasteiger partial charge in [0, 0.05) is 19.7 Å². The van der Waals surface area contributed by atoms with E-state index in [-0.39, 0.29) is 30.5 Å². The summed E-state index contributed by atoms with van der Waals surface area (Å²) in [4.78, 5) is 14.6. The number of benzene rings is 1. The van der Waals surface area contributed by atoms with Crippen molar-refractivity contribution < 1.29 is 14.3 Å². The Bertz CT molecular complexity index is 566. The van der Waals surface area contributed by atoms with Crippen molar-refractivity contribution in [1.82, 2.24) is 10.2 Å². The lowest BCUT2D eigenvalue weighted by molar-refractivity contribution is 0.128. The van der Waals surface area contributed by atoms with Crippen molar-refractivity contribution in [2.24, 2.45) is 11.8 Å². The molecule has 0 bridgehead atoms. The highest BCUT2D eigenvalue weighted by atomic mass is 19.1. The minimum Gasteiger partial charge on any atom is -0.396 e. The predicted octanol–water partition coefficient (Wildman–Crippen LogP) is 3.86. The molecular weight excluding hydrogens is 319 g/mol. The van der Waals surface area contributed by atoms with Gasteiger partial charge in [0.1, 0.15) is 5.82 Å². The highest BCUT2D eigenvalue weighted by molar-refractivity contribution is 5.75. The van der Waals surface area contributed by atoms with Gasteiger partial charge in [0.15, 0.2) is 0 Å². The molecule has 2 N–H and O–H groups in total. The molecule has 0 spiro atoms. The first kappa shape index (κ1) is 18.2. The summed E-state index contributed by atoms with van der Waals surface area (Å²) in [5, 5.41) is 12.5. The highest BCUT2D eigenvalue weighted by Gasteiger charge is 2.32. The van der Waals surface area contributed by atoms with Crippen LogP contribution in [0.4, 0.5) is 9.18 Å². The van der Waals surface area contributed by atoms with Crippen LogP contribution in [-0.4, -0.2) is 35.7 Å². The van der Waals surface area contributed by atoms with Crippen LogP contribution in [0.3, 0.4) is 0 Å². The van der Waals surface area contributed by atoms with Crippen LogP contribution in [0, 0.1) is 17.7 Å². The number of urea groups is 1. The molecule has 2 aliphatic rings. The molecule has 2 fully saturated rings. The lowest BCUT2D eigenvalue weighted by Gasteiger charge is -2.38. The zero-order chi connectivity index (χ0) is 17.8. The highest BCUT2D eigenvalue weighted by Crippen LogP contribution is 2.38. The normalized spacial score (nSPS) is 25.1. The van der Waals surface area contributed by atoms with Crippen LogP contribution in [0.5, 0.6) is 0 Å². The molecule has 0 heterocycles. The Labute approximate surface area is 149 Å². The van der Waals surface area contributed by atoms with Crippen LogP contribution in [0.1, 0.15) is 56.6 Å². The van der Waals surface area contributed by atoms with Gasteiger partial charge in [-0.3, -0.25) is 0 Å². The maximum atomic E-state index is 13.2. The van der Waals surface area contributed by atoms with E-state index in [4.69, 9.17) is 0 Å². The molecule has 2 amide bonds. The Morgan fingerprint density at radius 1 is 1.20 bits per heavy atom. The molecule has 0 saturated heterocycles. The zero-order valence-electron chi connectivity index (χ0n) is 15.0. The number of nitrogens with zero attached hydrogens (tertiary/aromatic N) is 1. The van der Waals surface area contributed by atoms with Gasteiger partial charge in [0.2, 0.25) is 0 Å². The predicted molar refractivity (Wildman–Crippen MR) is 95.6 cm³/mol. The van der Waals surface area contributed by atoms with Crippen LogP contribution in [0.2, 0.25) is 0 Å². The molecule has 0 radical (unpaired) electrons. The quantitative estimate of drug-likeness (QED) is 0.849. The molecule has 1 atom stereocenters. The maximum absolute atomic E-state index is 13.2. The third-order valence-electron chi connectivity index (χ3n) is 6.07. The first-order valence-electron chi connectivity index (χ1n) is 9.48. The first-order chi connectivity index (χ1) is 12.1. The van der Waals surface area contributed by atoms with Crippen LogP contribution < -0.4 is 5.32 Å². The van der Waals surface area contributed by atoms with E-state index < -0.39 is 0 Å². The second kappa shape index (κ2) is 8.17. The van der Waals surface area contributed by atoms with E-state index in [0.29, 0.717) is 11.8 Å². The summed E-state index contributed by atoms with van der Waals surface area (Å²) in [5.74, 6) is 0.572. The zero-order valence-corrected chi connectivity index (χ0v) is 15.0. The Kier molecular flexibility index (Phi) is 5.94. The second-order valence-corrected chi connectivity index (χ2v) is 7.64. The smallest absolute Gasteiger partial charge is 0.317 e. The number of halogens is 1. The van der Waals surface area contributed by atoms with Crippen LogP contribution in [0.15, 0.2) is 24.3 Å². The molecule has 0 aromatic heterocycles. The fraction of sp³-hybridized carbons (Fsp3) is 0.650. The Balaban J connectivity index is 1.63. The molecule has 25 heavy (non-hydrogen) atoms. The molecule has 2 saturated carbocycles. The maximum Gasteiger partial charge on any atom is 0.317 e. The topological polar surface area (TPSA) is 52.6 Å². The Hall–Kier alpha value is -1.62. The molecule has 5 heteroatoms. The average molecular weight is 348 g/mol. The van der Waals surface area contributed by atoms with Crippen molar-refractivity contribution in [3.05, 3.63) is 35.6 Å². The van der Waals surface area contributed by atoms with Gasteiger partial charge >= 0.3 is 6.03 Å². The molecule has 138 valence electrons. The summed E-state index contributed by atoms with van der Waals surface area (Å²) in [6.07, 6.45) is 7.24. The fourth-order valence-electron chi connectivity index (χ4n) is 4.03. The van der Waals surface area contributed by atoms with Crippen molar-refractivity contribution in [2.75, 3.05) is 13.7 Å². The minimum absolute atomic E-state index is 0.0434. The average Bonchev–Trinajstić information content (AvgIpc) is 2.59. The third-order valence-corrected chi connectivity index (χ3v) is 6.07. The standard InChI is InChI=1S/C20H29FN2O2/c1-23(18-11-5-14(13-24)6-12-18)20(25)22-19(15-3-2-4-15)16-7-9-17(21)10-8-16/h7-10,14-15,18-19,24H,2-6,11-13H2,1H3,(H,22,25). The van der Waals surface area contributed by atoms with Gasteiger partial charge in [-0.05, 0) is 68.1 Å². The summed E-state index contributed by atoms with van der Waals surface area (Å²) in [5.41, 5.74) is 0.983. The van der Waals surface area contributed by atoms with Crippen molar-refractivity contribution in [3.63, 3.8) is 0 Å². The summed E-state index contributed by atoms with van der Waals surface area (Å²) in [6.45, 7) is 0.247. The number of aliphatic hydroxyl groups is 1. The fourth-order valence-corrected chi connectivity index (χ4v) is 4.03. The van der Waals surface area contributed by atoms with Crippen molar-refractivity contribution in [1.29, 1.82) is 0 Å². The molecule has 0 aliphatic heterocycles. The lowest BCUT2D eigenvalue weighted by atomic mass is 9.77. The number of amides is 2. The monoisotopic (exact) mass is 348 g/mol. The largest absolute Gasteiger partial charge is 0.396 e. The Morgan fingerprint density at radius 2 is 1.84 bits per heavy atom. The van der Waals surface area contributed by atoms with Crippen molar-refractivity contribution in [3.8, 4) is 0 Å². The molecule has 1 aromatic carbocycles. The van der Waals surface area contributed by atoms with Gasteiger partial charge in [-0.2, -0.15) is 0 Å². The summed E-state index contributed by atoms with van der Waals surface area (Å²) >= 11 is 0. The van der Waals surface area contributed by atoms with E-state index in [9.17, 15) is 14.3 Å². The number of carbonyl (C=O) groups excluding carboxylic acids is 1. The van der Waals surface area contributed by atoms with Gasteiger partial charge in [0.25, 0.3) is 0 Å². The number of carbonyl (C=O) groups is 1. The second-order valence-electron chi connectivity index (χ2n) is 7.64. The van der Waals surface area contributed by atoms with E-state index >= 15 is 0 Å². The van der Waals surface area contributed by atoms with Gasteiger partial charge in [-0.15, -0.1) is 0 Å². The number of aliphatic hydroxyl groups excluding tert-OH is 1. The van der Waals surface area contributed by atoms with Crippen LogP contribution in [-0.2, 0) is 0 Å². The molecule has 1 aromatic rings. The minimum atomic E-state index is -0.250. The molecule has 2 aliphatic carbocycles. The van der Waals surface area contributed by atoms with Gasteiger partial charge in [0.05, 0.1) is 6.04 Å².